The molecule has 2 fully saturated rings. The molecule has 92 valence electrons. The van der Waals surface area contributed by atoms with Crippen molar-refractivity contribution < 1.29 is 4.79 Å². The molecule has 2 aliphatic heterocycles. The lowest BCUT2D eigenvalue weighted by molar-refractivity contribution is -0.136. The Balaban J connectivity index is 1.93. The fourth-order valence-electron chi connectivity index (χ4n) is 2.69. The summed E-state index contributed by atoms with van der Waals surface area (Å²) in [6.45, 7) is 8.00. The third-order valence-electron chi connectivity index (χ3n) is 3.90. The fraction of sp³-hybridized carbons (Fsp3) is 0.917. The second-order valence-corrected chi connectivity index (χ2v) is 5.39. The average Bonchev–Trinajstić information content (AvgIpc) is 2.73. The van der Waals surface area contributed by atoms with Gasteiger partial charge in [-0.05, 0) is 25.3 Å². The summed E-state index contributed by atoms with van der Waals surface area (Å²) in [5.41, 5.74) is 5.92. The van der Waals surface area contributed by atoms with Gasteiger partial charge in [-0.15, -0.1) is 0 Å². The average molecular weight is 225 g/mol. The maximum atomic E-state index is 12.1. The lowest BCUT2D eigenvalue weighted by atomic mass is 10.0. The van der Waals surface area contributed by atoms with Crippen molar-refractivity contribution in [3.05, 3.63) is 0 Å². The third-order valence-corrected chi connectivity index (χ3v) is 3.90. The van der Waals surface area contributed by atoms with Crippen molar-refractivity contribution in [3.63, 3.8) is 0 Å². The minimum atomic E-state index is -0.326. The zero-order valence-electron chi connectivity index (χ0n) is 10.4. The van der Waals surface area contributed by atoms with Crippen LogP contribution in [0.15, 0.2) is 0 Å². The van der Waals surface area contributed by atoms with E-state index in [2.05, 4.69) is 4.90 Å². The molecule has 2 heterocycles. The first kappa shape index (κ1) is 11.9. The first-order valence-electron chi connectivity index (χ1n) is 6.38. The highest BCUT2D eigenvalue weighted by atomic mass is 16.2. The lowest BCUT2D eigenvalue weighted by Crippen LogP contribution is -2.56. The number of nitrogens with two attached hydrogens (primary N) is 1. The number of carbonyl (C=O) groups excluding carboxylic acids is 1. The Morgan fingerprint density at radius 3 is 2.75 bits per heavy atom. The number of fused-ring (bicyclic) bond motifs is 1. The van der Waals surface area contributed by atoms with Crippen molar-refractivity contribution in [1.82, 2.24) is 9.80 Å². The highest BCUT2D eigenvalue weighted by Crippen LogP contribution is 2.22. The summed E-state index contributed by atoms with van der Waals surface area (Å²) in [6.07, 6.45) is 2.52. The van der Waals surface area contributed by atoms with Gasteiger partial charge in [0, 0.05) is 25.7 Å². The van der Waals surface area contributed by atoms with Crippen LogP contribution in [0.3, 0.4) is 0 Å². The van der Waals surface area contributed by atoms with E-state index >= 15 is 0 Å². The van der Waals surface area contributed by atoms with Crippen LogP contribution in [0.2, 0.25) is 0 Å². The van der Waals surface area contributed by atoms with Crippen LogP contribution in [-0.4, -0.2) is 54.0 Å². The van der Waals surface area contributed by atoms with Gasteiger partial charge in [0.05, 0.1) is 6.04 Å². The SMILES string of the molecule is CC(C)C(N)C(=O)N1CCN2CCCC2C1. The van der Waals surface area contributed by atoms with E-state index in [0.717, 1.165) is 19.6 Å². The Hall–Kier alpha value is -0.610. The van der Waals surface area contributed by atoms with E-state index in [4.69, 9.17) is 5.73 Å². The highest BCUT2D eigenvalue weighted by Gasteiger charge is 2.34. The first-order valence-corrected chi connectivity index (χ1v) is 6.38. The fourth-order valence-corrected chi connectivity index (χ4v) is 2.69. The molecule has 4 nitrogen and oxygen atoms in total. The number of carbonyl (C=O) groups is 1. The Bertz CT molecular complexity index is 267. The predicted molar refractivity (Wildman–Crippen MR) is 64.0 cm³/mol. The summed E-state index contributed by atoms with van der Waals surface area (Å²) in [7, 11) is 0. The molecule has 4 heteroatoms. The maximum Gasteiger partial charge on any atom is 0.239 e. The van der Waals surface area contributed by atoms with Crippen molar-refractivity contribution in [2.24, 2.45) is 11.7 Å². The number of hydrogen-bond acceptors (Lipinski definition) is 3. The molecule has 0 saturated carbocycles. The van der Waals surface area contributed by atoms with Gasteiger partial charge in [-0.2, -0.15) is 0 Å². The van der Waals surface area contributed by atoms with Crippen LogP contribution in [-0.2, 0) is 4.79 Å². The van der Waals surface area contributed by atoms with Crippen LogP contribution in [0, 0.1) is 5.92 Å². The van der Waals surface area contributed by atoms with Gasteiger partial charge in [-0.1, -0.05) is 13.8 Å². The van der Waals surface area contributed by atoms with Crippen molar-refractivity contribution in [2.45, 2.75) is 38.8 Å². The van der Waals surface area contributed by atoms with Gasteiger partial charge in [0.2, 0.25) is 5.91 Å². The smallest absolute Gasteiger partial charge is 0.239 e. The monoisotopic (exact) mass is 225 g/mol. The molecule has 0 aromatic rings. The Morgan fingerprint density at radius 1 is 1.31 bits per heavy atom. The first-order chi connectivity index (χ1) is 7.59. The van der Waals surface area contributed by atoms with Crippen molar-refractivity contribution in [2.75, 3.05) is 26.2 Å². The van der Waals surface area contributed by atoms with Crippen LogP contribution < -0.4 is 5.73 Å². The van der Waals surface area contributed by atoms with Gasteiger partial charge in [-0.3, -0.25) is 9.69 Å². The van der Waals surface area contributed by atoms with Crippen LogP contribution in [0.25, 0.3) is 0 Å². The molecule has 2 N–H and O–H groups in total. The summed E-state index contributed by atoms with van der Waals surface area (Å²) < 4.78 is 0. The minimum Gasteiger partial charge on any atom is -0.338 e. The number of rotatable bonds is 2. The van der Waals surface area contributed by atoms with E-state index in [-0.39, 0.29) is 17.9 Å². The van der Waals surface area contributed by atoms with E-state index in [1.54, 1.807) is 0 Å². The molecule has 1 amide bonds. The van der Waals surface area contributed by atoms with Gasteiger partial charge < -0.3 is 10.6 Å². The van der Waals surface area contributed by atoms with E-state index in [9.17, 15) is 4.79 Å². The summed E-state index contributed by atoms with van der Waals surface area (Å²) in [4.78, 5) is 16.6. The van der Waals surface area contributed by atoms with Crippen molar-refractivity contribution in [1.29, 1.82) is 0 Å². The van der Waals surface area contributed by atoms with Crippen LogP contribution in [0.4, 0.5) is 0 Å². The number of amides is 1. The molecule has 0 aliphatic carbocycles. The topological polar surface area (TPSA) is 49.6 Å². The molecule has 2 saturated heterocycles. The molecule has 0 radical (unpaired) electrons. The number of piperazine rings is 1. The van der Waals surface area contributed by atoms with E-state index in [1.807, 2.05) is 18.7 Å². The number of nitrogens with zero attached hydrogens (tertiary/aromatic N) is 2. The Labute approximate surface area is 97.8 Å². The maximum absolute atomic E-state index is 12.1. The summed E-state index contributed by atoms with van der Waals surface area (Å²) in [5.74, 6) is 0.371. The molecule has 0 spiro atoms. The molecular formula is C12H23N3O. The molecule has 2 unspecified atom stereocenters. The standard InChI is InChI=1S/C12H23N3O/c1-9(2)11(13)12(16)15-7-6-14-5-3-4-10(14)8-15/h9-11H,3-8,13H2,1-2H3. The molecule has 0 aromatic carbocycles. The third kappa shape index (κ3) is 2.23. The zero-order valence-corrected chi connectivity index (χ0v) is 10.4. The van der Waals surface area contributed by atoms with E-state index < -0.39 is 0 Å². The van der Waals surface area contributed by atoms with Crippen LogP contribution >= 0.6 is 0 Å². The largest absolute Gasteiger partial charge is 0.338 e. The number of hydrogen-bond donors (Lipinski definition) is 1. The Morgan fingerprint density at radius 2 is 2.06 bits per heavy atom. The normalized spacial score (nSPS) is 28.2. The molecule has 2 atom stereocenters. The zero-order chi connectivity index (χ0) is 11.7. The quantitative estimate of drug-likeness (QED) is 0.734. The molecule has 2 aliphatic rings. The van der Waals surface area contributed by atoms with Crippen LogP contribution in [0.5, 0.6) is 0 Å². The van der Waals surface area contributed by atoms with Gasteiger partial charge >= 0.3 is 0 Å². The van der Waals surface area contributed by atoms with Gasteiger partial charge in [0.1, 0.15) is 0 Å². The summed E-state index contributed by atoms with van der Waals surface area (Å²) >= 11 is 0. The summed E-state index contributed by atoms with van der Waals surface area (Å²) in [5, 5.41) is 0. The predicted octanol–water partition coefficient (Wildman–Crippen LogP) is 0.276. The molecule has 0 bridgehead atoms. The van der Waals surface area contributed by atoms with Gasteiger partial charge in [0.15, 0.2) is 0 Å². The van der Waals surface area contributed by atoms with Crippen molar-refractivity contribution in [3.8, 4) is 0 Å². The summed E-state index contributed by atoms with van der Waals surface area (Å²) in [6, 6.07) is 0.269. The molecular weight excluding hydrogens is 202 g/mol. The van der Waals surface area contributed by atoms with Crippen LogP contribution in [0.1, 0.15) is 26.7 Å². The Kier molecular flexibility index (Phi) is 3.50. The van der Waals surface area contributed by atoms with Gasteiger partial charge in [0.25, 0.3) is 0 Å². The second-order valence-electron chi connectivity index (χ2n) is 5.39. The minimum absolute atomic E-state index is 0.140. The molecule has 16 heavy (non-hydrogen) atoms. The van der Waals surface area contributed by atoms with E-state index in [1.165, 1.54) is 19.4 Å². The molecule has 2 rings (SSSR count). The van der Waals surface area contributed by atoms with Crippen molar-refractivity contribution >= 4 is 5.91 Å². The van der Waals surface area contributed by atoms with Gasteiger partial charge in [-0.25, -0.2) is 0 Å². The lowest BCUT2D eigenvalue weighted by Gasteiger charge is -2.38. The van der Waals surface area contributed by atoms with E-state index in [0.29, 0.717) is 6.04 Å². The molecule has 0 aromatic heterocycles. The highest BCUT2D eigenvalue weighted by molar-refractivity contribution is 5.82. The second kappa shape index (κ2) is 4.72.